The quantitative estimate of drug-likeness (QED) is 0.437. The molecular formula is C27H24N4O6S. The van der Waals surface area contributed by atoms with Crippen molar-refractivity contribution in [3.05, 3.63) is 89.5 Å². The highest BCUT2D eigenvalue weighted by Crippen LogP contribution is 2.28. The first-order chi connectivity index (χ1) is 18.1. The zero-order valence-electron chi connectivity index (χ0n) is 20.4. The SMILES string of the molecule is COc1ccc(C(=O)N(CCc2ccc(S(N)(=O)=O)cc2)C2CC(=O)N(c3ccc(C#N)cc3)C2=O)cc1. The third kappa shape index (κ3) is 5.56. The third-order valence-corrected chi connectivity index (χ3v) is 7.17. The Labute approximate surface area is 219 Å². The Balaban J connectivity index is 1.62. The van der Waals surface area contributed by atoms with E-state index in [0.717, 1.165) is 4.90 Å². The van der Waals surface area contributed by atoms with Crippen LogP contribution in [0.4, 0.5) is 5.69 Å². The van der Waals surface area contributed by atoms with E-state index in [4.69, 9.17) is 15.1 Å². The van der Waals surface area contributed by atoms with E-state index in [9.17, 15) is 22.8 Å². The predicted octanol–water partition coefficient (Wildman–Crippen LogP) is 2.23. The zero-order chi connectivity index (χ0) is 27.4. The first kappa shape index (κ1) is 26.5. The molecule has 10 nitrogen and oxygen atoms in total. The molecule has 3 aromatic rings. The number of benzene rings is 3. The van der Waals surface area contributed by atoms with E-state index >= 15 is 0 Å². The first-order valence-corrected chi connectivity index (χ1v) is 13.1. The van der Waals surface area contributed by atoms with Gasteiger partial charge in [0.05, 0.1) is 35.7 Å². The number of nitrogens with two attached hydrogens (primary N) is 1. The summed E-state index contributed by atoms with van der Waals surface area (Å²) in [6, 6.07) is 19.3. The van der Waals surface area contributed by atoms with Crippen LogP contribution in [-0.4, -0.2) is 50.7 Å². The monoisotopic (exact) mass is 532 g/mol. The largest absolute Gasteiger partial charge is 0.497 e. The van der Waals surface area contributed by atoms with E-state index in [-0.39, 0.29) is 17.9 Å². The Morgan fingerprint density at radius 2 is 1.68 bits per heavy atom. The Kier molecular flexibility index (Phi) is 7.57. The van der Waals surface area contributed by atoms with Gasteiger partial charge in [-0.25, -0.2) is 18.5 Å². The van der Waals surface area contributed by atoms with Gasteiger partial charge in [-0.1, -0.05) is 12.1 Å². The molecule has 0 spiro atoms. The fourth-order valence-electron chi connectivity index (χ4n) is 4.21. The number of ether oxygens (including phenoxy) is 1. The Morgan fingerprint density at radius 3 is 2.24 bits per heavy atom. The van der Waals surface area contributed by atoms with Gasteiger partial charge in [0, 0.05) is 12.1 Å². The van der Waals surface area contributed by atoms with E-state index in [1.807, 2.05) is 6.07 Å². The van der Waals surface area contributed by atoms with Crippen molar-refractivity contribution in [1.29, 1.82) is 5.26 Å². The van der Waals surface area contributed by atoms with Crippen LogP contribution < -0.4 is 14.8 Å². The summed E-state index contributed by atoms with van der Waals surface area (Å²) >= 11 is 0. The van der Waals surface area contributed by atoms with Gasteiger partial charge in [-0.05, 0) is 72.6 Å². The molecule has 0 radical (unpaired) electrons. The van der Waals surface area contributed by atoms with E-state index in [1.165, 1.54) is 48.4 Å². The van der Waals surface area contributed by atoms with Crippen molar-refractivity contribution in [3.63, 3.8) is 0 Å². The van der Waals surface area contributed by atoms with Crippen molar-refractivity contribution in [1.82, 2.24) is 4.90 Å². The van der Waals surface area contributed by atoms with Gasteiger partial charge in [0.2, 0.25) is 15.9 Å². The van der Waals surface area contributed by atoms with E-state index in [1.54, 1.807) is 36.4 Å². The van der Waals surface area contributed by atoms with Crippen LogP contribution in [0.5, 0.6) is 5.75 Å². The number of carbonyl (C=O) groups excluding carboxylic acids is 3. The van der Waals surface area contributed by atoms with Crippen LogP contribution in [0.1, 0.15) is 27.9 Å². The number of carbonyl (C=O) groups is 3. The lowest BCUT2D eigenvalue weighted by Gasteiger charge is -2.28. The second kappa shape index (κ2) is 10.8. The average Bonchev–Trinajstić information content (AvgIpc) is 3.21. The molecule has 4 rings (SSSR count). The predicted molar refractivity (Wildman–Crippen MR) is 138 cm³/mol. The van der Waals surface area contributed by atoms with Crippen molar-refractivity contribution < 1.29 is 27.5 Å². The molecular weight excluding hydrogens is 508 g/mol. The van der Waals surface area contributed by atoms with Gasteiger partial charge < -0.3 is 9.64 Å². The van der Waals surface area contributed by atoms with Crippen LogP contribution in [0.25, 0.3) is 0 Å². The smallest absolute Gasteiger partial charge is 0.257 e. The highest BCUT2D eigenvalue weighted by atomic mass is 32.2. The fourth-order valence-corrected chi connectivity index (χ4v) is 4.72. The van der Waals surface area contributed by atoms with Gasteiger partial charge >= 0.3 is 0 Å². The summed E-state index contributed by atoms with van der Waals surface area (Å²) in [6.07, 6.45) is 0.0900. The minimum atomic E-state index is -3.85. The molecule has 1 heterocycles. The maximum Gasteiger partial charge on any atom is 0.257 e. The summed E-state index contributed by atoms with van der Waals surface area (Å²) in [4.78, 5) is 42.3. The normalized spacial score (nSPS) is 15.3. The number of anilines is 1. The molecule has 1 saturated heterocycles. The molecule has 1 fully saturated rings. The number of sulfonamides is 1. The second-order valence-electron chi connectivity index (χ2n) is 8.61. The maximum absolute atomic E-state index is 13.6. The first-order valence-electron chi connectivity index (χ1n) is 11.6. The highest BCUT2D eigenvalue weighted by molar-refractivity contribution is 7.89. The van der Waals surface area contributed by atoms with E-state index < -0.39 is 33.8 Å². The standard InChI is InChI=1S/C27H24N4O6S/c1-37-22-10-6-20(7-11-22)26(33)30(15-14-18-4-12-23(13-5-18)38(29,35)36)24-16-25(32)31(27(24)34)21-8-2-19(17-28)3-9-21/h2-13,24H,14-16H2,1H3,(H2,29,35,36). The van der Waals surface area contributed by atoms with Crippen LogP contribution in [0.2, 0.25) is 0 Å². The molecule has 1 aliphatic heterocycles. The highest BCUT2D eigenvalue weighted by Gasteiger charge is 2.44. The average molecular weight is 533 g/mol. The third-order valence-electron chi connectivity index (χ3n) is 6.24. The zero-order valence-corrected chi connectivity index (χ0v) is 21.2. The molecule has 0 bridgehead atoms. The van der Waals surface area contributed by atoms with Crippen molar-refractivity contribution in [2.75, 3.05) is 18.6 Å². The lowest BCUT2D eigenvalue weighted by atomic mass is 10.1. The number of rotatable bonds is 8. The van der Waals surface area contributed by atoms with Crippen molar-refractivity contribution in [3.8, 4) is 11.8 Å². The van der Waals surface area contributed by atoms with Crippen molar-refractivity contribution in [2.45, 2.75) is 23.8 Å². The molecule has 3 aromatic carbocycles. The van der Waals surface area contributed by atoms with Gasteiger partial charge in [-0.2, -0.15) is 5.26 Å². The van der Waals surface area contributed by atoms with Crippen LogP contribution >= 0.6 is 0 Å². The number of hydrogen-bond acceptors (Lipinski definition) is 7. The second-order valence-corrected chi connectivity index (χ2v) is 10.2. The Morgan fingerprint density at radius 1 is 1.05 bits per heavy atom. The number of methoxy groups -OCH3 is 1. The fraction of sp³-hybridized carbons (Fsp3) is 0.185. The van der Waals surface area contributed by atoms with Crippen LogP contribution in [0, 0.1) is 11.3 Å². The Bertz CT molecular complexity index is 1510. The maximum atomic E-state index is 13.6. The number of imide groups is 1. The van der Waals surface area contributed by atoms with Crippen LogP contribution in [-0.2, 0) is 26.0 Å². The summed E-state index contributed by atoms with van der Waals surface area (Å²) in [6.45, 7) is 0.0878. The molecule has 38 heavy (non-hydrogen) atoms. The summed E-state index contributed by atoms with van der Waals surface area (Å²) in [7, 11) is -2.35. The number of hydrogen-bond donors (Lipinski definition) is 1. The molecule has 2 N–H and O–H groups in total. The summed E-state index contributed by atoms with van der Waals surface area (Å²) < 4.78 is 28.3. The molecule has 3 amide bonds. The van der Waals surface area contributed by atoms with E-state index in [2.05, 4.69) is 0 Å². The number of primary sulfonamides is 1. The molecule has 194 valence electrons. The van der Waals surface area contributed by atoms with Crippen molar-refractivity contribution >= 4 is 33.4 Å². The minimum absolute atomic E-state index is 0.0398. The molecule has 1 unspecified atom stereocenters. The number of nitriles is 1. The molecule has 0 aliphatic carbocycles. The van der Waals surface area contributed by atoms with Crippen LogP contribution in [0.3, 0.4) is 0 Å². The number of amides is 3. The minimum Gasteiger partial charge on any atom is -0.497 e. The van der Waals surface area contributed by atoms with Crippen molar-refractivity contribution in [2.24, 2.45) is 5.14 Å². The molecule has 0 saturated carbocycles. The lowest BCUT2D eigenvalue weighted by molar-refractivity contribution is -0.122. The topological polar surface area (TPSA) is 151 Å². The van der Waals surface area contributed by atoms with Gasteiger partial charge in [-0.3, -0.25) is 14.4 Å². The molecule has 0 aromatic heterocycles. The van der Waals surface area contributed by atoms with Gasteiger partial charge in [0.15, 0.2) is 0 Å². The molecule has 1 atom stereocenters. The van der Waals surface area contributed by atoms with Gasteiger partial charge in [0.25, 0.3) is 11.8 Å². The lowest BCUT2D eigenvalue weighted by Crippen LogP contribution is -2.46. The number of nitrogens with zero attached hydrogens (tertiary/aromatic N) is 3. The molecule has 1 aliphatic rings. The summed E-state index contributed by atoms with van der Waals surface area (Å²) in [5, 5.41) is 14.2. The summed E-state index contributed by atoms with van der Waals surface area (Å²) in [5.74, 6) is -0.898. The van der Waals surface area contributed by atoms with Gasteiger partial charge in [0.1, 0.15) is 11.8 Å². The Hall–Kier alpha value is -4.53. The molecule has 11 heteroatoms. The van der Waals surface area contributed by atoms with Crippen LogP contribution in [0.15, 0.2) is 77.7 Å². The van der Waals surface area contributed by atoms with Gasteiger partial charge in [-0.15, -0.1) is 0 Å². The summed E-state index contributed by atoms with van der Waals surface area (Å²) in [5.41, 5.74) is 1.73. The van der Waals surface area contributed by atoms with E-state index in [0.29, 0.717) is 34.5 Å².